The number of carbonyl (C=O) groups excluding carboxylic acids is 1. The average molecular weight is 363 g/mol. The minimum atomic E-state index is -0.337. The van der Waals surface area contributed by atoms with E-state index in [1.54, 1.807) is 0 Å². The van der Waals surface area contributed by atoms with E-state index >= 15 is 0 Å². The summed E-state index contributed by atoms with van der Waals surface area (Å²) in [5, 5.41) is 11.1. The second kappa shape index (κ2) is 8.76. The highest BCUT2D eigenvalue weighted by Crippen LogP contribution is 2.64. The van der Waals surface area contributed by atoms with Gasteiger partial charge in [-0.15, -0.1) is 0 Å². The maximum atomic E-state index is 13.3. The fraction of sp³-hybridized carbons (Fsp3) is 0.958. The standard InChI is InChI=1S/C24H42O2/c1-3-5-7-9-19-11-15-23(16-12-19)21(25)24(22(23)26)17-13-20(14-18-24)10-8-6-4-2/h19-21,25H,3-18H2,1-2H3/t19?,20?,21?,23-,24-. The zero-order valence-electron chi connectivity index (χ0n) is 17.4. The summed E-state index contributed by atoms with van der Waals surface area (Å²) < 4.78 is 0. The lowest BCUT2D eigenvalue weighted by molar-refractivity contribution is -0.209. The lowest BCUT2D eigenvalue weighted by atomic mass is 9.41. The number of hydrogen-bond acceptors (Lipinski definition) is 2. The van der Waals surface area contributed by atoms with Crippen molar-refractivity contribution in [3.05, 3.63) is 0 Å². The third kappa shape index (κ3) is 3.64. The molecule has 0 atom stereocenters. The normalized spacial score (nSPS) is 40.1. The molecule has 0 aromatic heterocycles. The van der Waals surface area contributed by atoms with Crippen molar-refractivity contribution in [2.24, 2.45) is 22.7 Å². The van der Waals surface area contributed by atoms with Gasteiger partial charge in [0.1, 0.15) is 5.78 Å². The van der Waals surface area contributed by atoms with Crippen molar-refractivity contribution < 1.29 is 9.90 Å². The number of aliphatic hydroxyl groups is 1. The number of hydrogen-bond donors (Lipinski definition) is 1. The predicted molar refractivity (Wildman–Crippen MR) is 108 cm³/mol. The summed E-state index contributed by atoms with van der Waals surface area (Å²) in [6, 6.07) is 0. The third-order valence-electron chi connectivity index (χ3n) is 8.38. The number of ketones is 1. The fourth-order valence-electron chi connectivity index (χ4n) is 6.53. The van der Waals surface area contributed by atoms with Crippen molar-refractivity contribution in [1.82, 2.24) is 0 Å². The smallest absolute Gasteiger partial charge is 0.150 e. The van der Waals surface area contributed by atoms with Crippen LogP contribution in [0.2, 0.25) is 0 Å². The molecular formula is C24H42O2. The summed E-state index contributed by atoms with van der Waals surface area (Å²) in [7, 11) is 0. The molecule has 0 aliphatic heterocycles. The van der Waals surface area contributed by atoms with E-state index in [2.05, 4.69) is 13.8 Å². The lowest BCUT2D eigenvalue weighted by Crippen LogP contribution is -2.70. The highest BCUT2D eigenvalue weighted by Gasteiger charge is 2.70. The molecule has 1 N–H and O–H groups in total. The van der Waals surface area contributed by atoms with E-state index in [0.29, 0.717) is 5.78 Å². The van der Waals surface area contributed by atoms with Crippen molar-refractivity contribution >= 4 is 5.78 Å². The molecule has 0 amide bonds. The fourth-order valence-corrected chi connectivity index (χ4v) is 6.53. The van der Waals surface area contributed by atoms with Crippen LogP contribution >= 0.6 is 0 Å². The molecule has 0 aromatic carbocycles. The topological polar surface area (TPSA) is 37.3 Å². The highest BCUT2D eigenvalue weighted by atomic mass is 16.3. The maximum absolute atomic E-state index is 13.3. The molecule has 2 spiro atoms. The summed E-state index contributed by atoms with van der Waals surface area (Å²) in [4.78, 5) is 13.3. The van der Waals surface area contributed by atoms with Crippen LogP contribution in [0.3, 0.4) is 0 Å². The molecule has 3 rings (SSSR count). The SMILES string of the molecule is CCCCCC1CC[C@]2(CC1)C(=O)[C@@]1(CCC(CCCCC)CC1)C2O. The Bertz CT molecular complexity index is 413. The second-order valence-electron chi connectivity index (χ2n) is 9.92. The van der Waals surface area contributed by atoms with Gasteiger partial charge in [-0.1, -0.05) is 65.2 Å². The molecule has 3 fully saturated rings. The van der Waals surface area contributed by atoms with Crippen LogP contribution in [0.5, 0.6) is 0 Å². The number of carbonyl (C=O) groups is 1. The van der Waals surface area contributed by atoms with Crippen LogP contribution in [-0.4, -0.2) is 17.0 Å². The van der Waals surface area contributed by atoms with Crippen LogP contribution in [0.25, 0.3) is 0 Å². The monoisotopic (exact) mass is 362 g/mol. The second-order valence-corrected chi connectivity index (χ2v) is 9.92. The molecule has 3 saturated carbocycles. The lowest BCUT2D eigenvalue weighted by Gasteiger charge is -2.62. The van der Waals surface area contributed by atoms with E-state index in [-0.39, 0.29) is 16.9 Å². The average Bonchev–Trinajstić information content (AvgIpc) is 2.69. The molecule has 3 aliphatic carbocycles. The van der Waals surface area contributed by atoms with Gasteiger partial charge >= 0.3 is 0 Å². The van der Waals surface area contributed by atoms with Gasteiger partial charge in [0.25, 0.3) is 0 Å². The number of unbranched alkanes of at least 4 members (excludes halogenated alkanes) is 4. The van der Waals surface area contributed by atoms with Crippen LogP contribution in [0.1, 0.15) is 117 Å². The first kappa shape index (κ1) is 20.4. The van der Waals surface area contributed by atoms with Crippen LogP contribution < -0.4 is 0 Å². The number of aliphatic hydroxyl groups excluding tert-OH is 1. The summed E-state index contributed by atoms with van der Waals surface area (Å²) in [6.45, 7) is 4.52. The van der Waals surface area contributed by atoms with Crippen molar-refractivity contribution in [1.29, 1.82) is 0 Å². The Morgan fingerprint density at radius 1 is 0.769 bits per heavy atom. The Labute approximate surface area is 161 Å². The van der Waals surface area contributed by atoms with Gasteiger partial charge in [0.05, 0.1) is 16.9 Å². The van der Waals surface area contributed by atoms with E-state index in [1.807, 2.05) is 0 Å². The van der Waals surface area contributed by atoms with Crippen LogP contribution in [0.15, 0.2) is 0 Å². The Morgan fingerprint density at radius 2 is 1.15 bits per heavy atom. The molecule has 0 radical (unpaired) electrons. The van der Waals surface area contributed by atoms with E-state index in [4.69, 9.17) is 0 Å². The summed E-state index contributed by atoms with van der Waals surface area (Å²) >= 11 is 0. The van der Waals surface area contributed by atoms with Crippen LogP contribution in [0, 0.1) is 22.7 Å². The van der Waals surface area contributed by atoms with Crippen molar-refractivity contribution in [2.75, 3.05) is 0 Å². The van der Waals surface area contributed by atoms with E-state index < -0.39 is 0 Å². The van der Waals surface area contributed by atoms with E-state index in [9.17, 15) is 9.90 Å². The van der Waals surface area contributed by atoms with Crippen molar-refractivity contribution in [2.45, 2.75) is 123 Å². The zero-order chi connectivity index (χ0) is 18.6. The van der Waals surface area contributed by atoms with Gasteiger partial charge in [-0.3, -0.25) is 4.79 Å². The molecular weight excluding hydrogens is 320 g/mol. The molecule has 0 unspecified atom stereocenters. The van der Waals surface area contributed by atoms with Crippen molar-refractivity contribution in [3.63, 3.8) is 0 Å². The summed E-state index contributed by atoms with van der Waals surface area (Å²) in [5.74, 6) is 2.08. The Hall–Kier alpha value is -0.370. The van der Waals surface area contributed by atoms with E-state index in [0.717, 1.165) is 37.5 Å². The molecule has 150 valence electrons. The Kier molecular flexibility index (Phi) is 6.86. The Morgan fingerprint density at radius 3 is 1.46 bits per heavy atom. The van der Waals surface area contributed by atoms with Crippen LogP contribution in [-0.2, 0) is 4.79 Å². The van der Waals surface area contributed by atoms with Crippen molar-refractivity contribution in [3.8, 4) is 0 Å². The van der Waals surface area contributed by atoms with Gasteiger partial charge in [-0.2, -0.15) is 0 Å². The third-order valence-corrected chi connectivity index (χ3v) is 8.38. The number of Topliss-reactive ketones (excluding diaryl/α,β-unsaturated/α-hetero) is 1. The van der Waals surface area contributed by atoms with Gasteiger partial charge in [0.15, 0.2) is 0 Å². The largest absolute Gasteiger partial charge is 0.391 e. The molecule has 2 nitrogen and oxygen atoms in total. The van der Waals surface area contributed by atoms with E-state index in [1.165, 1.54) is 77.0 Å². The molecule has 3 aliphatic rings. The predicted octanol–water partition coefficient (Wildman–Crippen LogP) is 6.44. The molecule has 26 heavy (non-hydrogen) atoms. The minimum absolute atomic E-state index is 0.337. The number of rotatable bonds is 8. The first-order valence-electron chi connectivity index (χ1n) is 11.8. The van der Waals surface area contributed by atoms with Crippen LogP contribution in [0.4, 0.5) is 0 Å². The highest BCUT2D eigenvalue weighted by molar-refractivity contribution is 5.98. The van der Waals surface area contributed by atoms with Gasteiger partial charge in [0, 0.05) is 0 Å². The first-order chi connectivity index (χ1) is 12.6. The molecule has 0 aromatic rings. The first-order valence-corrected chi connectivity index (χ1v) is 11.8. The molecule has 0 saturated heterocycles. The molecule has 2 heteroatoms. The molecule has 0 bridgehead atoms. The maximum Gasteiger partial charge on any atom is 0.150 e. The summed E-state index contributed by atoms with van der Waals surface area (Å²) in [5.41, 5.74) is -0.674. The zero-order valence-corrected chi connectivity index (χ0v) is 17.4. The summed E-state index contributed by atoms with van der Waals surface area (Å²) in [6.07, 6.45) is 18.8. The quantitative estimate of drug-likeness (QED) is 0.504. The van der Waals surface area contributed by atoms with Gasteiger partial charge in [-0.25, -0.2) is 0 Å². The van der Waals surface area contributed by atoms with Gasteiger partial charge in [0.2, 0.25) is 0 Å². The Balaban J connectivity index is 1.48. The molecule has 0 heterocycles. The van der Waals surface area contributed by atoms with Gasteiger partial charge < -0.3 is 5.11 Å². The minimum Gasteiger partial charge on any atom is -0.391 e. The van der Waals surface area contributed by atoms with Gasteiger partial charge in [-0.05, 0) is 63.2 Å².